The maximum Gasteiger partial charge on any atom is 0.305 e. The molecule has 0 rings (SSSR count). The maximum atomic E-state index is 11.9. The van der Waals surface area contributed by atoms with E-state index in [1.807, 2.05) is 0 Å². The standard InChI is InChI=1S/C23H46O2/c1-4-7-9-10-11-12-13-14-15-17-20-23(24)25-21-22(18-6-3)19-16-8-5-2/h22H,4-21H2,1-3H3. The van der Waals surface area contributed by atoms with Gasteiger partial charge in [-0.2, -0.15) is 0 Å². The lowest BCUT2D eigenvalue weighted by Gasteiger charge is -2.16. The molecule has 0 bridgehead atoms. The summed E-state index contributed by atoms with van der Waals surface area (Å²) in [5.74, 6) is 0.601. The molecule has 0 amide bonds. The zero-order chi connectivity index (χ0) is 18.6. The summed E-state index contributed by atoms with van der Waals surface area (Å²) in [7, 11) is 0. The number of carbonyl (C=O) groups excluding carboxylic acids is 1. The Balaban J connectivity index is 3.49. The van der Waals surface area contributed by atoms with Crippen molar-refractivity contribution in [1.82, 2.24) is 0 Å². The summed E-state index contributed by atoms with van der Waals surface area (Å²) >= 11 is 0. The fraction of sp³-hybridized carbons (Fsp3) is 0.957. The normalized spacial score (nSPS) is 12.3. The first-order chi connectivity index (χ1) is 12.2. The number of hydrogen-bond donors (Lipinski definition) is 0. The Kier molecular flexibility index (Phi) is 19.4. The van der Waals surface area contributed by atoms with Crippen molar-refractivity contribution in [2.45, 2.75) is 130 Å². The van der Waals surface area contributed by atoms with Gasteiger partial charge in [0.1, 0.15) is 0 Å². The summed E-state index contributed by atoms with van der Waals surface area (Å²) in [6.45, 7) is 7.37. The Bertz CT molecular complexity index is 275. The topological polar surface area (TPSA) is 26.3 Å². The van der Waals surface area contributed by atoms with E-state index in [4.69, 9.17) is 4.74 Å². The predicted octanol–water partition coefficient (Wildman–Crippen LogP) is 7.84. The minimum absolute atomic E-state index is 0.0242. The number of unbranched alkanes of at least 4 members (excludes halogenated alkanes) is 11. The van der Waals surface area contributed by atoms with Crippen LogP contribution in [0.3, 0.4) is 0 Å². The highest BCUT2D eigenvalue weighted by molar-refractivity contribution is 5.69. The number of hydrogen-bond acceptors (Lipinski definition) is 2. The zero-order valence-corrected chi connectivity index (χ0v) is 17.6. The molecule has 1 atom stereocenters. The third-order valence-electron chi connectivity index (χ3n) is 5.13. The van der Waals surface area contributed by atoms with Crippen LogP contribution in [0.15, 0.2) is 0 Å². The van der Waals surface area contributed by atoms with Crippen molar-refractivity contribution in [1.29, 1.82) is 0 Å². The summed E-state index contributed by atoms with van der Waals surface area (Å²) in [5, 5.41) is 0. The Morgan fingerprint density at radius 2 is 1.16 bits per heavy atom. The van der Waals surface area contributed by atoms with Gasteiger partial charge in [-0.05, 0) is 25.2 Å². The van der Waals surface area contributed by atoms with Gasteiger partial charge in [0.2, 0.25) is 0 Å². The molecule has 0 N–H and O–H groups in total. The van der Waals surface area contributed by atoms with Gasteiger partial charge in [-0.25, -0.2) is 0 Å². The van der Waals surface area contributed by atoms with Crippen LogP contribution >= 0.6 is 0 Å². The molecule has 0 fully saturated rings. The molecule has 0 aliphatic carbocycles. The molecular formula is C23H46O2. The van der Waals surface area contributed by atoms with Crippen LogP contribution < -0.4 is 0 Å². The first-order valence-electron chi connectivity index (χ1n) is 11.4. The maximum absolute atomic E-state index is 11.9. The predicted molar refractivity (Wildman–Crippen MR) is 110 cm³/mol. The van der Waals surface area contributed by atoms with Gasteiger partial charge in [0.05, 0.1) is 6.61 Å². The lowest BCUT2D eigenvalue weighted by molar-refractivity contribution is -0.145. The van der Waals surface area contributed by atoms with E-state index in [0.717, 1.165) is 6.42 Å². The fourth-order valence-corrected chi connectivity index (χ4v) is 3.44. The molecule has 0 aromatic rings. The number of carbonyl (C=O) groups is 1. The van der Waals surface area contributed by atoms with Crippen molar-refractivity contribution < 1.29 is 9.53 Å². The van der Waals surface area contributed by atoms with Gasteiger partial charge < -0.3 is 4.74 Å². The average Bonchev–Trinajstić information content (AvgIpc) is 2.61. The van der Waals surface area contributed by atoms with Crippen LogP contribution in [0.1, 0.15) is 130 Å². The average molecular weight is 355 g/mol. The SMILES string of the molecule is CCCCCCCCCCCCC(=O)OCC(CCC)CCCCC. The van der Waals surface area contributed by atoms with Crippen LogP contribution in [0, 0.1) is 5.92 Å². The monoisotopic (exact) mass is 354 g/mol. The first kappa shape index (κ1) is 24.5. The molecule has 2 nitrogen and oxygen atoms in total. The highest BCUT2D eigenvalue weighted by Gasteiger charge is 2.11. The van der Waals surface area contributed by atoms with E-state index in [2.05, 4.69) is 20.8 Å². The van der Waals surface area contributed by atoms with Crippen molar-refractivity contribution in [2.24, 2.45) is 5.92 Å². The quantitative estimate of drug-likeness (QED) is 0.174. The van der Waals surface area contributed by atoms with Gasteiger partial charge in [0.25, 0.3) is 0 Å². The van der Waals surface area contributed by atoms with Crippen molar-refractivity contribution in [3.63, 3.8) is 0 Å². The number of rotatable bonds is 19. The molecular weight excluding hydrogens is 308 g/mol. The van der Waals surface area contributed by atoms with Crippen LogP contribution in [-0.4, -0.2) is 12.6 Å². The van der Waals surface area contributed by atoms with Crippen molar-refractivity contribution in [3.8, 4) is 0 Å². The third kappa shape index (κ3) is 18.1. The smallest absolute Gasteiger partial charge is 0.305 e. The lowest BCUT2D eigenvalue weighted by Crippen LogP contribution is -2.14. The highest BCUT2D eigenvalue weighted by atomic mass is 16.5. The molecule has 2 heteroatoms. The third-order valence-corrected chi connectivity index (χ3v) is 5.13. The minimum atomic E-state index is 0.0242. The van der Waals surface area contributed by atoms with E-state index in [-0.39, 0.29) is 5.97 Å². The molecule has 0 aromatic heterocycles. The molecule has 0 aliphatic heterocycles. The van der Waals surface area contributed by atoms with Crippen LogP contribution in [-0.2, 0) is 9.53 Å². The van der Waals surface area contributed by atoms with Crippen LogP contribution in [0.4, 0.5) is 0 Å². The molecule has 0 heterocycles. The van der Waals surface area contributed by atoms with Crippen molar-refractivity contribution in [3.05, 3.63) is 0 Å². The number of ether oxygens (including phenoxy) is 1. The molecule has 0 aromatic carbocycles. The molecule has 150 valence electrons. The number of esters is 1. The van der Waals surface area contributed by atoms with E-state index in [1.165, 1.54) is 96.3 Å². The summed E-state index contributed by atoms with van der Waals surface area (Å²) in [6, 6.07) is 0. The summed E-state index contributed by atoms with van der Waals surface area (Å²) in [4.78, 5) is 11.9. The van der Waals surface area contributed by atoms with Crippen molar-refractivity contribution in [2.75, 3.05) is 6.61 Å². The van der Waals surface area contributed by atoms with Gasteiger partial charge in [0.15, 0.2) is 0 Å². The highest BCUT2D eigenvalue weighted by Crippen LogP contribution is 2.17. The molecule has 0 spiro atoms. The first-order valence-corrected chi connectivity index (χ1v) is 11.4. The van der Waals surface area contributed by atoms with Crippen LogP contribution in [0.2, 0.25) is 0 Å². The molecule has 0 aliphatic rings. The van der Waals surface area contributed by atoms with E-state index < -0.39 is 0 Å². The second kappa shape index (κ2) is 19.8. The summed E-state index contributed by atoms with van der Waals surface area (Å²) in [5.41, 5.74) is 0. The van der Waals surface area contributed by atoms with Crippen LogP contribution in [0.25, 0.3) is 0 Å². The zero-order valence-electron chi connectivity index (χ0n) is 17.6. The molecule has 0 radical (unpaired) electrons. The molecule has 0 saturated heterocycles. The summed E-state index contributed by atoms with van der Waals surface area (Å²) in [6.07, 6.45) is 21.1. The van der Waals surface area contributed by atoms with Gasteiger partial charge in [-0.15, -0.1) is 0 Å². The van der Waals surface area contributed by atoms with Crippen molar-refractivity contribution >= 4 is 5.97 Å². The Hall–Kier alpha value is -0.530. The largest absolute Gasteiger partial charge is 0.465 e. The van der Waals surface area contributed by atoms with E-state index >= 15 is 0 Å². The molecule has 1 unspecified atom stereocenters. The van der Waals surface area contributed by atoms with Gasteiger partial charge in [-0.1, -0.05) is 104 Å². The van der Waals surface area contributed by atoms with Gasteiger partial charge >= 0.3 is 5.97 Å². The fourth-order valence-electron chi connectivity index (χ4n) is 3.44. The molecule has 25 heavy (non-hydrogen) atoms. The summed E-state index contributed by atoms with van der Waals surface area (Å²) < 4.78 is 5.53. The Morgan fingerprint density at radius 3 is 1.72 bits per heavy atom. The van der Waals surface area contributed by atoms with Gasteiger partial charge in [-0.3, -0.25) is 4.79 Å². The van der Waals surface area contributed by atoms with Gasteiger partial charge in [0, 0.05) is 6.42 Å². The molecule has 0 saturated carbocycles. The lowest BCUT2D eigenvalue weighted by atomic mass is 9.97. The van der Waals surface area contributed by atoms with E-state index in [0.29, 0.717) is 18.9 Å². The van der Waals surface area contributed by atoms with E-state index in [1.54, 1.807) is 0 Å². The second-order valence-corrected chi connectivity index (χ2v) is 7.77. The Morgan fingerprint density at radius 1 is 0.640 bits per heavy atom. The van der Waals surface area contributed by atoms with E-state index in [9.17, 15) is 4.79 Å². The minimum Gasteiger partial charge on any atom is -0.465 e. The second-order valence-electron chi connectivity index (χ2n) is 7.77. The Labute approximate surface area is 158 Å². The van der Waals surface area contributed by atoms with Crippen LogP contribution in [0.5, 0.6) is 0 Å².